The predicted molar refractivity (Wildman–Crippen MR) is 56.2 cm³/mol. The second-order valence-corrected chi connectivity index (χ2v) is 3.86. The maximum atomic E-state index is 11.6. The summed E-state index contributed by atoms with van der Waals surface area (Å²) in [5.74, 6) is -0.590. The van der Waals surface area contributed by atoms with E-state index in [-0.39, 0.29) is 24.8 Å². The van der Waals surface area contributed by atoms with Crippen molar-refractivity contribution in [3.8, 4) is 6.07 Å². The second kappa shape index (κ2) is 5.50. The summed E-state index contributed by atoms with van der Waals surface area (Å²) in [4.78, 5) is 22.6. The summed E-state index contributed by atoms with van der Waals surface area (Å²) in [5.41, 5.74) is -0.839. The number of amides is 1. The number of nitrogens with one attached hydrogen (secondary N) is 1. The van der Waals surface area contributed by atoms with Gasteiger partial charge in [0.1, 0.15) is 5.41 Å². The van der Waals surface area contributed by atoms with Crippen LogP contribution in [-0.4, -0.2) is 25.0 Å². The van der Waals surface area contributed by atoms with Crippen LogP contribution in [0.3, 0.4) is 0 Å². The Morgan fingerprint density at radius 2 is 2.19 bits per heavy atom. The maximum absolute atomic E-state index is 11.6. The van der Waals surface area contributed by atoms with Gasteiger partial charge in [-0.05, 0) is 26.2 Å². The minimum Gasteiger partial charge on any atom is -0.466 e. The molecule has 0 aromatic carbocycles. The van der Waals surface area contributed by atoms with E-state index in [4.69, 9.17) is 10.00 Å². The lowest BCUT2D eigenvalue weighted by Crippen LogP contribution is -2.45. The number of hydrogen-bond donors (Lipinski definition) is 1. The Morgan fingerprint density at radius 3 is 2.62 bits per heavy atom. The first-order valence-corrected chi connectivity index (χ1v) is 5.50. The van der Waals surface area contributed by atoms with E-state index in [1.165, 1.54) is 0 Å². The number of carbonyl (C=O) groups excluding carboxylic acids is 2. The van der Waals surface area contributed by atoms with Crippen LogP contribution in [0.2, 0.25) is 0 Å². The Morgan fingerprint density at radius 1 is 1.50 bits per heavy atom. The van der Waals surface area contributed by atoms with Crippen molar-refractivity contribution in [2.45, 2.75) is 32.6 Å². The van der Waals surface area contributed by atoms with Crippen molar-refractivity contribution < 1.29 is 14.3 Å². The van der Waals surface area contributed by atoms with E-state index in [9.17, 15) is 9.59 Å². The highest BCUT2D eigenvalue weighted by Gasteiger charge is 2.44. The molecular formula is C11H16N2O3. The van der Waals surface area contributed by atoms with Crippen molar-refractivity contribution in [1.29, 1.82) is 5.26 Å². The third-order valence-electron chi connectivity index (χ3n) is 2.78. The summed E-state index contributed by atoms with van der Waals surface area (Å²) in [6.07, 6.45) is 2.31. The van der Waals surface area contributed by atoms with Gasteiger partial charge in [-0.3, -0.25) is 9.59 Å². The molecule has 0 aromatic heterocycles. The Labute approximate surface area is 94.8 Å². The van der Waals surface area contributed by atoms with E-state index in [0.29, 0.717) is 19.4 Å². The molecule has 1 rings (SSSR count). The summed E-state index contributed by atoms with van der Waals surface area (Å²) >= 11 is 0. The van der Waals surface area contributed by atoms with Crippen LogP contribution in [0.1, 0.15) is 32.6 Å². The second-order valence-electron chi connectivity index (χ2n) is 3.86. The fourth-order valence-corrected chi connectivity index (χ4v) is 1.60. The van der Waals surface area contributed by atoms with Crippen molar-refractivity contribution in [1.82, 2.24) is 5.32 Å². The summed E-state index contributed by atoms with van der Waals surface area (Å²) in [7, 11) is 0. The predicted octanol–water partition coefficient (Wildman–Crippen LogP) is 0.750. The molecule has 16 heavy (non-hydrogen) atoms. The maximum Gasteiger partial charge on any atom is 0.307 e. The Hall–Kier alpha value is -1.57. The molecule has 1 aliphatic carbocycles. The first-order chi connectivity index (χ1) is 7.64. The van der Waals surface area contributed by atoms with Gasteiger partial charge in [-0.1, -0.05) is 0 Å². The molecule has 5 nitrogen and oxygen atoms in total. The van der Waals surface area contributed by atoms with Gasteiger partial charge in [0.25, 0.3) is 0 Å². The van der Waals surface area contributed by atoms with Crippen molar-refractivity contribution in [3.63, 3.8) is 0 Å². The summed E-state index contributed by atoms with van der Waals surface area (Å²) in [6.45, 7) is 2.31. The Kier molecular flexibility index (Phi) is 4.29. The molecule has 1 aliphatic rings. The van der Waals surface area contributed by atoms with E-state index in [1.807, 2.05) is 6.07 Å². The van der Waals surface area contributed by atoms with Crippen LogP contribution in [0.25, 0.3) is 0 Å². The molecule has 0 saturated heterocycles. The van der Waals surface area contributed by atoms with E-state index >= 15 is 0 Å². The zero-order chi connectivity index (χ0) is 12.0. The van der Waals surface area contributed by atoms with E-state index in [2.05, 4.69) is 5.32 Å². The highest BCUT2D eigenvalue weighted by Crippen LogP contribution is 2.40. The molecule has 0 aliphatic heterocycles. The normalized spacial score (nSPS) is 16.8. The minimum absolute atomic E-state index is 0.154. The van der Waals surface area contributed by atoms with Crippen LogP contribution in [0.4, 0.5) is 0 Å². The fourth-order valence-electron chi connectivity index (χ4n) is 1.60. The van der Waals surface area contributed by atoms with Crippen LogP contribution < -0.4 is 5.32 Å². The quantitative estimate of drug-likeness (QED) is 0.699. The third-order valence-corrected chi connectivity index (χ3v) is 2.78. The van der Waals surface area contributed by atoms with Crippen molar-refractivity contribution >= 4 is 11.9 Å². The number of ether oxygens (including phenoxy) is 1. The molecule has 0 heterocycles. The number of nitriles is 1. The molecule has 1 amide bonds. The van der Waals surface area contributed by atoms with Gasteiger partial charge in [0.05, 0.1) is 19.1 Å². The molecule has 5 heteroatoms. The Bertz CT molecular complexity index is 316. The molecule has 0 unspecified atom stereocenters. The number of hydrogen-bond acceptors (Lipinski definition) is 4. The highest BCUT2D eigenvalue weighted by molar-refractivity contribution is 5.86. The zero-order valence-electron chi connectivity index (χ0n) is 9.41. The SMILES string of the molecule is CCOC(=O)CCNC(=O)C1(C#N)CCC1. The molecule has 0 aromatic rings. The Balaban J connectivity index is 2.26. The monoisotopic (exact) mass is 224 g/mol. The van der Waals surface area contributed by atoms with Gasteiger partial charge in [0.15, 0.2) is 0 Å². The fraction of sp³-hybridized carbons (Fsp3) is 0.727. The first-order valence-electron chi connectivity index (χ1n) is 5.50. The van der Waals surface area contributed by atoms with Gasteiger partial charge >= 0.3 is 5.97 Å². The standard InChI is InChI=1S/C11H16N2O3/c1-2-16-9(14)4-7-13-10(15)11(8-12)5-3-6-11/h2-7H2,1H3,(H,13,15). The van der Waals surface area contributed by atoms with Crippen molar-refractivity contribution in [2.24, 2.45) is 5.41 Å². The van der Waals surface area contributed by atoms with Crippen molar-refractivity contribution in [3.05, 3.63) is 0 Å². The lowest BCUT2D eigenvalue weighted by Gasteiger charge is -2.33. The van der Waals surface area contributed by atoms with Crippen molar-refractivity contribution in [2.75, 3.05) is 13.2 Å². The third kappa shape index (κ3) is 2.72. The van der Waals surface area contributed by atoms with Crippen LogP contribution in [0, 0.1) is 16.7 Å². The molecule has 0 radical (unpaired) electrons. The van der Waals surface area contributed by atoms with Gasteiger partial charge in [0, 0.05) is 6.54 Å². The lowest BCUT2D eigenvalue weighted by molar-refractivity contribution is -0.143. The molecule has 0 atom stereocenters. The molecule has 0 spiro atoms. The van der Waals surface area contributed by atoms with Crippen LogP contribution in [-0.2, 0) is 14.3 Å². The number of nitrogens with zero attached hydrogens (tertiary/aromatic N) is 1. The zero-order valence-corrected chi connectivity index (χ0v) is 9.41. The first kappa shape index (κ1) is 12.5. The smallest absolute Gasteiger partial charge is 0.307 e. The van der Waals surface area contributed by atoms with Gasteiger partial charge < -0.3 is 10.1 Å². The van der Waals surface area contributed by atoms with Gasteiger partial charge in [-0.25, -0.2) is 0 Å². The van der Waals surface area contributed by atoms with E-state index in [1.54, 1.807) is 6.92 Å². The number of esters is 1. The molecule has 1 fully saturated rings. The summed E-state index contributed by atoms with van der Waals surface area (Å²) in [6, 6.07) is 2.05. The average molecular weight is 224 g/mol. The van der Waals surface area contributed by atoms with Gasteiger partial charge in [-0.2, -0.15) is 5.26 Å². The van der Waals surface area contributed by atoms with Crippen LogP contribution >= 0.6 is 0 Å². The van der Waals surface area contributed by atoms with Gasteiger partial charge in [0.2, 0.25) is 5.91 Å². The van der Waals surface area contributed by atoms with Crippen LogP contribution in [0.15, 0.2) is 0 Å². The number of carbonyl (C=O) groups is 2. The molecular weight excluding hydrogens is 208 g/mol. The number of rotatable bonds is 5. The minimum atomic E-state index is -0.839. The van der Waals surface area contributed by atoms with Crippen LogP contribution in [0.5, 0.6) is 0 Å². The molecule has 0 bridgehead atoms. The highest BCUT2D eigenvalue weighted by atomic mass is 16.5. The van der Waals surface area contributed by atoms with E-state index in [0.717, 1.165) is 6.42 Å². The average Bonchev–Trinajstić information content (AvgIpc) is 2.17. The summed E-state index contributed by atoms with van der Waals surface area (Å²) in [5, 5.41) is 11.5. The molecule has 1 saturated carbocycles. The molecule has 1 N–H and O–H groups in total. The summed E-state index contributed by atoms with van der Waals surface area (Å²) < 4.78 is 4.72. The molecule has 88 valence electrons. The van der Waals surface area contributed by atoms with Gasteiger partial charge in [-0.15, -0.1) is 0 Å². The lowest BCUT2D eigenvalue weighted by atomic mass is 9.69. The topological polar surface area (TPSA) is 79.2 Å². The van der Waals surface area contributed by atoms with E-state index < -0.39 is 5.41 Å². The largest absolute Gasteiger partial charge is 0.466 e.